The molecule has 2 N–H and O–H groups in total. The Morgan fingerprint density at radius 1 is 0.943 bits per heavy atom. The van der Waals surface area contributed by atoms with Crippen LogP contribution in [-0.4, -0.2) is 29.0 Å². The number of hydrogen-bond donors (Lipinski definition) is 2. The van der Waals surface area contributed by atoms with Crippen molar-refractivity contribution in [3.8, 4) is 11.5 Å². The Balaban J connectivity index is 2.03. The van der Waals surface area contributed by atoms with Crippen LogP contribution in [0.2, 0.25) is 15.1 Å². The first-order chi connectivity index (χ1) is 16.5. The molecule has 0 aromatic heterocycles. The minimum atomic E-state index is -1.06. The second kappa shape index (κ2) is 9.46. The van der Waals surface area contributed by atoms with Crippen LogP contribution in [0.1, 0.15) is 28.3 Å². The maximum Gasteiger partial charge on any atom is 0.300 e. The second-order valence-corrected chi connectivity index (χ2v) is 9.37. The third kappa shape index (κ3) is 4.33. The van der Waals surface area contributed by atoms with E-state index in [1.165, 1.54) is 42.3 Å². The topological polar surface area (TPSA) is 87.1 Å². The average Bonchev–Trinajstić information content (AvgIpc) is 3.07. The van der Waals surface area contributed by atoms with Crippen LogP contribution in [0, 0.1) is 13.8 Å². The van der Waals surface area contributed by atoms with Crippen LogP contribution in [0.25, 0.3) is 5.76 Å². The fourth-order valence-electron chi connectivity index (χ4n) is 4.07. The predicted molar refractivity (Wildman–Crippen MR) is 137 cm³/mol. The number of aryl methyl sites for hydroxylation is 2. The molecule has 0 aliphatic carbocycles. The van der Waals surface area contributed by atoms with E-state index in [1.54, 1.807) is 12.1 Å². The normalized spacial score (nSPS) is 17.2. The van der Waals surface area contributed by atoms with Gasteiger partial charge < -0.3 is 14.9 Å². The first-order valence-corrected chi connectivity index (χ1v) is 11.6. The molecule has 1 amide bonds. The van der Waals surface area contributed by atoms with Gasteiger partial charge in [-0.15, -0.1) is 0 Å². The molecule has 1 aliphatic rings. The Bertz CT molecular complexity index is 1420. The number of Topliss-reactive ketones (excluding diaryl/α,β-unsaturated/α-hetero) is 1. The van der Waals surface area contributed by atoms with Gasteiger partial charge in [-0.05, 0) is 66.9 Å². The number of carbonyl (C=O) groups excluding carboxylic acids is 2. The molecule has 1 fully saturated rings. The molecule has 9 heteroatoms. The summed E-state index contributed by atoms with van der Waals surface area (Å²) in [5, 5.41) is 21.7. The van der Waals surface area contributed by atoms with Gasteiger partial charge in [0.05, 0.1) is 34.3 Å². The summed E-state index contributed by atoms with van der Waals surface area (Å²) in [7, 11) is 1.36. The highest BCUT2D eigenvalue weighted by Crippen LogP contribution is 2.46. The van der Waals surface area contributed by atoms with E-state index in [2.05, 4.69) is 0 Å². The number of anilines is 1. The lowest BCUT2D eigenvalue weighted by Crippen LogP contribution is -2.29. The smallest absolute Gasteiger partial charge is 0.300 e. The van der Waals surface area contributed by atoms with Gasteiger partial charge in [-0.3, -0.25) is 14.5 Å². The lowest BCUT2D eigenvalue weighted by Gasteiger charge is -2.26. The number of aliphatic hydroxyl groups is 1. The quantitative estimate of drug-likeness (QED) is 0.224. The third-order valence-electron chi connectivity index (χ3n) is 5.97. The summed E-state index contributed by atoms with van der Waals surface area (Å²) in [5.74, 6) is -2.33. The van der Waals surface area contributed by atoms with Gasteiger partial charge in [-0.25, -0.2) is 0 Å². The number of ketones is 1. The molecule has 180 valence electrons. The zero-order valence-corrected chi connectivity index (χ0v) is 21.2. The van der Waals surface area contributed by atoms with Crippen molar-refractivity contribution in [3.63, 3.8) is 0 Å². The minimum Gasteiger partial charge on any atom is -0.507 e. The summed E-state index contributed by atoms with van der Waals surface area (Å²) in [5.41, 5.74) is 2.63. The van der Waals surface area contributed by atoms with Crippen molar-refractivity contribution in [2.75, 3.05) is 12.0 Å². The number of phenolic OH excluding ortho intramolecular Hbond substituents is 1. The average molecular weight is 533 g/mol. The van der Waals surface area contributed by atoms with Gasteiger partial charge in [0.25, 0.3) is 11.7 Å². The summed E-state index contributed by atoms with van der Waals surface area (Å²) in [6.07, 6.45) is 0. The van der Waals surface area contributed by atoms with Crippen LogP contribution in [0.15, 0.2) is 54.1 Å². The minimum absolute atomic E-state index is 0.0246. The number of amides is 1. The molecule has 0 saturated carbocycles. The first-order valence-electron chi connectivity index (χ1n) is 10.4. The van der Waals surface area contributed by atoms with E-state index in [0.717, 1.165) is 11.1 Å². The highest BCUT2D eigenvalue weighted by Gasteiger charge is 2.47. The van der Waals surface area contributed by atoms with Gasteiger partial charge in [0.2, 0.25) is 0 Å². The van der Waals surface area contributed by atoms with E-state index < -0.39 is 23.5 Å². The second-order valence-electron chi connectivity index (χ2n) is 8.12. The molecule has 1 saturated heterocycles. The maximum absolute atomic E-state index is 13.4. The molecule has 35 heavy (non-hydrogen) atoms. The lowest BCUT2D eigenvalue weighted by atomic mass is 9.94. The van der Waals surface area contributed by atoms with E-state index in [1.807, 2.05) is 19.9 Å². The molecule has 6 nitrogen and oxygen atoms in total. The number of hydrogen-bond acceptors (Lipinski definition) is 5. The Morgan fingerprint density at radius 2 is 1.66 bits per heavy atom. The lowest BCUT2D eigenvalue weighted by molar-refractivity contribution is -0.132. The summed E-state index contributed by atoms with van der Waals surface area (Å²) >= 11 is 18.6. The van der Waals surface area contributed by atoms with Crippen molar-refractivity contribution in [3.05, 3.63) is 91.4 Å². The molecule has 0 bridgehead atoms. The van der Waals surface area contributed by atoms with Gasteiger partial charge in [0.15, 0.2) is 0 Å². The molecule has 1 unspecified atom stereocenters. The molecule has 0 spiro atoms. The Morgan fingerprint density at radius 3 is 2.29 bits per heavy atom. The Labute approximate surface area is 216 Å². The van der Waals surface area contributed by atoms with E-state index in [4.69, 9.17) is 39.5 Å². The number of rotatable bonds is 4. The van der Waals surface area contributed by atoms with Crippen molar-refractivity contribution in [2.24, 2.45) is 0 Å². The fourth-order valence-corrected chi connectivity index (χ4v) is 4.83. The third-order valence-corrected chi connectivity index (χ3v) is 6.77. The van der Waals surface area contributed by atoms with E-state index >= 15 is 0 Å². The summed E-state index contributed by atoms with van der Waals surface area (Å²) in [6, 6.07) is 11.4. The van der Waals surface area contributed by atoms with Crippen molar-refractivity contribution in [1.82, 2.24) is 0 Å². The van der Waals surface area contributed by atoms with Crippen molar-refractivity contribution >= 4 is 57.9 Å². The molecule has 1 heterocycles. The number of phenols is 1. The van der Waals surface area contributed by atoms with Gasteiger partial charge in [0, 0.05) is 10.7 Å². The summed E-state index contributed by atoms with van der Waals surface area (Å²) in [6.45, 7) is 3.82. The largest absolute Gasteiger partial charge is 0.507 e. The van der Waals surface area contributed by atoms with Crippen LogP contribution in [-0.2, 0) is 9.59 Å². The number of aliphatic hydroxyl groups excluding tert-OH is 1. The van der Waals surface area contributed by atoms with E-state index in [0.29, 0.717) is 11.3 Å². The van der Waals surface area contributed by atoms with Gasteiger partial charge >= 0.3 is 0 Å². The number of carbonyl (C=O) groups is 2. The highest BCUT2D eigenvalue weighted by atomic mass is 35.5. The molecular weight excluding hydrogens is 513 g/mol. The highest BCUT2D eigenvalue weighted by molar-refractivity contribution is 6.52. The molecular formula is C26H20Cl3NO5. The SMILES string of the molecule is COc1c(Cl)cc(Cl)cc1/C(O)=C1\C(=O)C(=O)N(c2ccc(C)c(C)c2)C1c1ccc(O)c(Cl)c1. The molecule has 1 atom stereocenters. The molecule has 4 rings (SSSR count). The number of aromatic hydroxyl groups is 1. The Kier molecular flexibility index (Phi) is 6.73. The van der Waals surface area contributed by atoms with Crippen molar-refractivity contribution in [2.45, 2.75) is 19.9 Å². The van der Waals surface area contributed by atoms with Gasteiger partial charge in [-0.1, -0.05) is 46.9 Å². The van der Waals surface area contributed by atoms with Crippen LogP contribution in [0.5, 0.6) is 11.5 Å². The molecule has 0 radical (unpaired) electrons. The van der Waals surface area contributed by atoms with Crippen molar-refractivity contribution < 1.29 is 24.5 Å². The van der Waals surface area contributed by atoms with Crippen molar-refractivity contribution in [1.29, 1.82) is 0 Å². The van der Waals surface area contributed by atoms with E-state index in [9.17, 15) is 19.8 Å². The van der Waals surface area contributed by atoms with Crippen LogP contribution >= 0.6 is 34.8 Å². The fraction of sp³-hybridized carbons (Fsp3) is 0.154. The van der Waals surface area contributed by atoms with Crippen LogP contribution < -0.4 is 9.64 Å². The number of methoxy groups -OCH3 is 1. The van der Waals surface area contributed by atoms with Crippen LogP contribution in [0.3, 0.4) is 0 Å². The van der Waals surface area contributed by atoms with E-state index in [-0.39, 0.29) is 37.7 Å². The Hall–Kier alpha value is -3.19. The number of nitrogens with zero attached hydrogens (tertiary/aromatic N) is 1. The molecule has 3 aromatic rings. The number of ether oxygens (including phenoxy) is 1. The molecule has 1 aliphatic heterocycles. The summed E-state index contributed by atoms with van der Waals surface area (Å²) in [4.78, 5) is 28.0. The first kappa shape index (κ1) is 24.9. The van der Waals surface area contributed by atoms with Gasteiger partial charge in [0.1, 0.15) is 17.3 Å². The monoisotopic (exact) mass is 531 g/mol. The maximum atomic E-state index is 13.4. The number of benzene rings is 3. The predicted octanol–water partition coefficient (Wildman–Crippen LogP) is 6.60. The standard InChI is InChI=1S/C26H20Cl3NO5/c1-12-4-6-16(8-13(12)2)30-22(14-5-7-20(31)18(28)9-14)21(24(33)26(30)34)23(32)17-10-15(27)11-19(29)25(17)35-3/h4-11,22,31-32H,1-3H3/b23-21+. The number of halogens is 3. The zero-order chi connectivity index (χ0) is 25.6. The van der Waals surface area contributed by atoms with Gasteiger partial charge in [-0.2, -0.15) is 0 Å². The van der Waals surface area contributed by atoms with Crippen LogP contribution in [0.4, 0.5) is 5.69 Å². The zero-order valence-electron chi connectivity index (χ0n) is 18.9. The molecule has 3 aromatic carbocycles. The summed E-state index contributed by atoms with van der Waals surface area (Å²) < 4.78 is 5.34.